The molecule has 0 aliphatic rings. The molecule has 0 saturated carbocycles. The standard InChI is InChI=1S/C15H16O5/c1-18-8-9-19-10-20-13-7-3-5-11-4-2-6-12(14(11)13)15(16)17/h2-7H,8-10H2,1H3,(H,16,17). The summed E-state index contributed by atoms with van der Waals surface area (Å²) in [6.07, 6.45) is 0. The third-order valence-corrected chi connectivity index (χ3v) is 2.83. The summed E-state index contributed by atoms with van der Waals surface area (Å²) in [7, 11) is 1.59. The van der Waals surface area contributed by atoms with E-state index in [1.54, 1.807) is 25.3 Å². The first-order chi connectivity index (χ1) is 9.74. The van der Waals surface area contributed by atoms with Crippen LogP contribution in [0.2, 0.25) is 0 Å². The first kappa shape index (κ1) is 14.3. The fourth-order valence-corrected chi connectivity index (χ4v) is 1.91. The number of carbonyl (C=O) groups is 1. The maximum absolute atomic E-state index is 11.3. The largest absolute Gasteiger partial charge is 0.478 e. The van der Waals surface area contributed by atoms with E-state index in [0.29, 0.717) is 24.3 Å². The molecule has 2 aromatic carbocycles. The van der Waals surface area contributed by atoms with Crippen LogP contribution in [0.3, 0.4) is 0 Å². The van der Waals surface area contributed by atoms with E-state index in [0.717, 1.165) is 5.39 Å². The Hall–Kier alpha value is -2.11. The Morgan fingerprint density at radius 1 is 1.15 bits per heavy atom. The van der Waals surface area contributed by atoms with E-state index in [2.05, 4.69) is 0 Å². The number of methoxy groups -OCH3 is 1. The van der Waals surface area contributed by atoms with Gasteiger partial charge in [-0.3, -0.25) is 0 Å². The summed E-state index contributed by atoms with van der Waals surface area (Å²) in [5.74, 6) is -0.482. The van der Waals surface area contributed by atoms with Gasteiger partial charge in [0.2, 0.25) is 0 Å². The molecular formula is C15H16O5. The average Bonchev–Trinajstić information content (AvgIpc) is 2.46. The lowest BCUT2D eigenvalue weighted by Crippen LogP contribution is -2.08. The number of hydrogen-bond acceptors (Lipinski definition) is 4. The van der Waals surface area contributed by atoms with Crippen molar-refractivity contribution in [2.24, 2.45) is 0 Å². The zero-order valence-electron chi connectivity index (χ0n) is 11.2. The number of hydrogen-bond donors (Lipinski definition) is 1. The van der Waals surface area contributed by atoms with Crippen molar-refractivity contribution in [1.82, 2.24) is 0 Å². The van der Waals surface area contributed by atoms with Crippen LogP contribution in [0.15, 0.2) is 36.4 Å². The molecule has 0 bridgehead atoms. The van der Waals surface area contributed by atoms with Crippen molar-refractivity contribution >= 4 is 16.7 Å². The van der Waals surface area contributed by atoms with Gasteiger partial charge in [0.1, 0.15) is 5.75 Å². The fraction of sp³-hybridized carbons (Fsp3) is 0.267. The number of ether oxygens (including phenoxy) is 3. The van der Waals surface area contributed by atoms with Gasteiger partial charge >= 0.3 is 5.97 Å². The lowest BCUT2D eigenvalue weighted by atomic mass is 10.0. The van der Waals surface area contributed by atoms with Crippen LogP contribution in [-0.2, 0) is 9.47 Å². The Kier molecular flexibility index (Phi) is 4.92. The predicted molar refractivity (Wildman–Crippen MR) is 74.2 cm³/mol. The van der Waals surface area contributed by atoms with Gasteiger partial charge in [0.15, 0.2) is 6.79 Å². The second-order valence-corrected chi connectivity index (χ2v) is 4.13. The van der Waals surface area contributed by atoms with Gasteiger partial charge < -0.3 is 19.3 Å². The molecular weight excluding hydrogens is 260 g/mol. The monoisotopic (exact) mass is 276 g/mol. The molecule has 106 valence electrons. The number of aromatic carboxylic acids is 1. The normalized spacial score (nSPS) is 10.7. The van der Waals surface area contributed by atoms with Crippen molar-refractivity contribution in [3.63, 3.8) is 0 Å². The van der Waals surface area contributed by atoms with E-state index in [4.69, 9.17) is 14.2 Å². The van der Waals surface area contributed by atoms with Crippen molar-refractivity contribution < 1.29 is 24.1 Å². The SMILES string of the molecule is COCCOCOc1cccc2cccc(C(=O)O)c12. The molecule has 0 aliphatic heterocycles. The lowest BCUT2D eigenvalue weighted by molar-refractivity contribution is -0.00783. The van der Waals surface area contributed by atoms with Crippen LogP contribution in [0, 0.1) is 0 Å². The minimum atomic E-state index is -0.980. The van der Waals surface area contributed by atoms with Crippen molar-refractivity contribution in [2.45, 2.75) is 0 Å². The first-order valence-electron chi connectivity index (χ1n) is 6.18. The second-order valence-electron chi connectivity index (χ2n) is 4.13. The highest BCUT2D eigenvalue weighted by molar-refractivity contribution is 6.06. The summed E-state index contributed by atoms with van der Waals surface area (Å²) in [5.41, 5.74) is 0.218. The zero-order valence-corrected chi connectivity index (χ0v) is 11.2. The highest BCUT2D eigenvalue weighted by Crippen LogP contribution is 2.29. The summed E-state index contributed by atoms with van der Waals surface area (Å²) in [4.78, 5) is 11.3. The van der Waals surface area contributed by atoms with Gasteiger partial charge in [0.25, 0.3) is 0 Å². The van der Waals surface area contributed by atoms with Crippen LogP contribution in [0.5, 0.6) is 5.75 Å². The van der Waals surface area contributed by atoms with E-state index in [-0.39, 0.29) is 12.4 Å². The molecule has 0 aliphatic carbocycles. The highest BCUT2D eigenvalue weighted by atomic mass is 16.7. The average molecular weight is 276 g/mol. The lowest BCUT2D eigenvalue weighted by Gasteiger charge is -2.11. The van der Waals surface area contributed by atoms with Crippen LogP contribution in [0.1, 0.15) is 10.4 Å². The maximum Gasteiger partial charge on any atom is 0.336 e. The van der Waals surface area contributed by atoms with Crippen molar-refractivity contribution in [3.8, 4) is 5.75 Å². The minimum Gasteiger partial charge on any atom is -0.478 e. The van der Waals surface area contributed by atoms with E-state index < -0.39 is 5.97 Å². The van der Waals surface area contributed by atoms with E-state index in [1.807, 2.05) is 18.2 Å². The van der Waals surface area contributed by atoms with Crippen LogP contribution in [0.25, 0.3) is 10.8 Å². The zero-order chi connectivity index (χ0) is 14.4. The number of carboxylic acids is 1. The molecule has 0 spiro atoms. The van der Waals surface area contributed by atoms with Gasteiger partial charge in [-0.15, -0.1) is 0 Å². The smallest absolute Gasteiger partial charge is 0.336 e. The summed E-state index contributed by atoms with van der Waals surface area (Å²) >= 11 is 0. The Labute approximate surface area is 116 Å². The molecule has 0 aromatic heterocycles. The number of fused-ring (bicyclic) bond motifs is 1. The molecule has 2 rings (SSSR count). The van der Waals surface area contributed by atoms with Crippen molar-refractivity contribution in [3.05, 3.63) is 42.0 Å². The molecule has 0 radical (unpaired) electrons. The molecule has 0 unspecified atom stereocenters. The highest BCUT2D eigenvalue weighted by Gasteiger charge is 2.12. The molecule has 0 heterocycles. The summed E-state index contributed by atoms with van der Waals surface area (Å²) in [6.45, 7) is 0.961. The Bertz CT molecular complexity index is 589. The Balaban J connectivity index is 2.22. The summed E-state index contributed by atoms with van der Waals surface area (Å²) in [6, 6.07) is 10.5. The van der Waals surface area contributed by atoms with Gasteiger partial charge in [-0.1, -0.05) is 24.3 Å². The molecule has 1 N–H and O–H groups in total. The van der Waals surface area contributed by atoms with Gasteiger partial charge in [-0.05, 0) is 17.5 Å². The van der Waals surface area contributed by atoms with E-state index in [9.17, 15) is 9.90 Å². The molecule has 20 heavy (non-hydrogen) atoms. The number of benzene rings is 2. The summed E-state index contributed by atoms with van der Waals surface area (Å²) in [5, 5.41) is 10.6. The topological polar surface area (TPSA) is 65.0 Å². The number of rotatable bonds is 7. The molecule has 0 saturated heterocycles. The molecule has 5 heteroatoms. The third kappa shape index (κ3) is 3.26. The molecule has 0 fully saturated rings. The van der Waals surface area contributed by atoms with Crippen LogP contribution in [0.4, 0.5) is 0 Å². The van der Waals surface area contributed by atoms with Crippen LogP contribution < -0.4 is 4.74 Å². The minimum absolute atomic E-state index is 0.0520. The van der Waals surface area contributed by atoms with E-state index >= 15 is 0 Å². The van der Waals surface area contributed by atoms with Gasteiger partial charge in [0, 0.05) is 12.5 Å². The summed E-state index contributed by atoms with van der Waals surface area (Å²) < 4.78 is 15.6. The molecule has 5 nitrogen and oxygen atoms in total. The van der Waals surface area contributed by atoms with Gasteiger partial charge in [0.05, 0.1) is 18.8 Å². The third-order valence-electron chi connectivity index (χ3n) is 2.83. The predicted octanol–water partition coefficient (Wildman–Crippen LogP) is 2.54. The fourth-order valence-electron chi connectivity index (χ4n) is 1.91. The second kappa shape index (κ2) is 6.88. The Morgan fingerprint density at radius 3 is 2.60 bits per heavy atom. The van der Waals surface area contributed by atoms with Crippen molar-refractivity contribution in [2.75, 3.05) is 27.1 Å². The maximum atomic E-state index is 11.3. The Morgan fingerprint density at radius 2 is 1.90 bits per heavy atom. The number of carboxylic acid groups (broad SMARTS) is 1. The molecule has 0 atom stereocenters. The van der Waals surface area contributed by atoms with Gasteiger partial charge in [-0.25, -0.2) is 4.79 Å². The van der Waals surface area contributed by atoms with Crippen molar-refractivity contribution in [1.29, 1.82) is 0 Å². The van der Waals surface area contributed by atoms with E-state index in [1.165, 1.54) is 0 Å². The molecule has 2 aromatic rings. The quantitative estimate of drug-likeness (QED) is 0.622. The van der Waals surface area contributed by atoms with Crippen LogP contribution in [-0.4, -0.2) is 38.2 Å². The van der Waals surface area contributed by atoms with Crippen LogP contribution >= 0.6 is 0 Å². The van der Waals surface area contributed by atoms with Gasteiger partial charge in [-0.2, -0.15) is 0 Å². The molecule has 0 amide bonds. The first-order valence-corrected chi connectivity index (χ1v) is 6.18.